The van der Waals surface area contributed by atoms with Gasteiger partial charge in [0.05, 0.1) is 5.52 Å². The van der Waals surface area contributed by atoms with Gasteiger partial charge in [-0.2, -0.15) is 0 Å². The number of hydrogen-bond acceptors (Lipinski definition) is 4. The highest BCUT2D eigenvalue weighted by Gasteiger charge is 2.25. The Hall–Kier alpha value is -2.32. The zero-order valence-corrected chi connectivity index (χ0v) is 21.0. The molecule has 0 aliphatic carbocycles. The molecule has 1 fully saturated rings. The van der Waals surface area contributed by atoms with E-state index in [1.807, 2.05) is 48.5 Å². The molecule has 0 radical (unpaired) electrons. The molecule has 170 valence electrons. The van der Waals surface area contributed by atoms with Crippen LogP contribution < -0.4 is 4.90 Å². The van der Waals surface area contributed by atoms with Crippen molar-refractivity contribution in [2.75, 3.05) is 31.1 Å². The Bertz CT molecular complexity index is 1410. The van der Waals surface area contributed by atoms with Gasteiger partial charge in [-0.25, -0.2) is 12.4 Å². The molecule has 8 heteroatoms. The number of nitrogens with zero attached hydrogens (tertiary/aromatic N) is 3. The van der Waals surface area contributed by atoms with Crippen LogP contribution in [0.1, 0.15) is 5.56 Å². The monoisotopic (exact) mass is 543 g/mol. The topological polar surface area (TPSA) is 45.6 Å². The molecule has 33 heavy (non-hydrogen) atoms. The minimum absolute atomic E-state index is 0.257. The number of para-hydroxylation sites is 1. The number of aromatic nitrogens is 1. The summed E-state index contributed by atoms with van der Waals surface area (Å²) in [7, 11) is -3.73. The molecule has 1 aromatic heterocycles. The standard InChI is InChI=1S/C25H23BrClN3O2S/c26-23-9-2-4-11-25(23)33(31,32)30-18-19(22-8-1-3-10-24(22)30)17-28-12-14-29(15-13-28)21-7-5-6-20(27)16-21/h1-11,16,18H,12-15,17H2. The van der Waals surface area contributed by atoms with Crippen molar-refractivity contribution >= 4 is 54.1 Å². The Morgan fingerprint density at radius 3 is 2.36 bits per heavy atom. The van der Waals surface area contributed by atoms with E-state index in [1.165, 1.54) is 3.97 Å². The summed E-state index contributed by atoms with van der Waals surface area (Å²) in [6.45, 7) is 4.27. The van der Waals surface area contributed by atoms with Gasteiger partial charge in [0.15, 0.2) is 0 Å². The van der Waals surface area contributed by atoms with Gasteiger partial charge in [-0.1, -0.05) is 48.0 Å². The molecule has 4 aromatic rings. The van der Waals surface area contributed by atoms with E-state index in [9.17, 15) is 8.42 Å². The molecule has 0 saturated carbocycles. The molecule has 1 aliphatic rings. The number of piperazine rings is 1. The predicted octanol–water partition coefficient (Wildman–Crippen LogP) is 5.62. The first-order valence-electron chi connectivity index (χ1n) is 10.8. The maximum Gasteiger partial charge on any atom is 0.269 e. The highest BCUT2D eigenvalue weighted by molar-refractivity contribution is 9.10. The Balaban J connectivity index is 1.41. The van der Waals surface area contributed by atoms with E-state index in [2.05, 4.69) is 31.8 Å². The van der Waals surface area contributed by atoms with Crippen molar-refractivity contribution in [1.82, 2.24) is 8.87 Å². The van der Waals surface area contributed by atoms with Crippen molar-refractivity contribution in [3.8, 4) is 0 Å². The second kappa shape index (κ2) is 9.14. The lowest BCUT2D eigenvalue weighted by molar-refractivity contribution is 0.250. The molecule has 5 nitrogen and oxygen atoms in total. The van der Waals surface area contributed by atoms with Gasteiger partial charge in [0.25, 0.3) is 10.0 Å². The average Bonchev–Trinajstić information content (AvgIpc) is 3.19. The van der Waals surface area contributed by atoms with E-state index in [4.69, 9.17) is 11.6 Å². The van der Waals surface area contributed by atoms with Gasteiger partial charge in [0.1, 0.15) is 4.90 Å². The number of fused-ring (bicyclic) bond motifs is 1. The zero-order valence-electron chi connectivity index (χ0n) is 17.9. The highest BCUT2D eigenvalue weighted by Crippen LogP contribution is 2.30. The summed E-state index contributed by atoms with van der Waals surface area (Å²) < 4.78 is 29.0. The van der Waals surface area contributed by atoms with E-state index in [0.29, 0.717) is 16.5 Å². The summed E-state index contributed by atoms with van der Waals surface area (Å²) in [6.07, 6.45) is 1.78. The van der Waals surface area contributed by atoms with Crippen molar-refractivity contribution in [3.05, 3.63) is 94.1 Å². The lowest BCUT2D eigenvalue weighted by Gasteiger charge is -2.36. The summed E-state index contributed by atoms with van der Waals surface area (Å²) in [5.74, 6) is 0. The number of rotatable bonds is 5. The van der Waals surface area contributed by atoms with Crippen LogP contribution in [0.3, 0.4) is 0 Å². The van der Waals surface area contributed by atoms with Crippen molar-refractivity contribution in [2.24, 2.45) is 0 Å². The Morgan fingerprint density at radius 2 is 1.61 bits per heavy atom. The fraction of sp³-hybridized carbons (Fsp3) is 0.200. The van der Waals surface area contributed by atoms with E-state index in [-0.39, 0.29) is 4.90 Å². The quantitative estimate of drug-likeness (QED) is 0.327. The fourth-order valence-electron chi connectivity index (χ4n) is 4.38. The summed E-state index contributed by atoms with van der Waals surface area (Å²) in [5.41, 5.74) is 2.84. The Morgan fingerprint density at radius 1 is 0.879 bits per heavy atom. The average molecular weight is 545 g/mol. The fourth-order valence-corrected chi connectivity index (χ4v) is 6.92. The molecule has 1 saturated heterocycles. The van der Waals surface area contributed by atoms with Crippen LogP contribution in [0.5, 0.6) is 0 Å². The molecule has 0 N–H and O–H groups in total. The molecular weight excluding hydrogens is 522 g/mol. The van der Waals surface area contributed by atoms with E-state index >= 15 is 0 Å². The molecule has 1 aliphatic heterocycles. The second-order valence-corrected chi connectivity index (χ2v) is 11.2. The smallest absolute Gasteiger partial charge is 0.269 e. The third-order valence-electron chi connectivity index (χ3n) is 6.07. The van der Waals surface area contributed by atoms with Gasteiger partial charge in [-0.15, -0.1) is 0 Å². The van der Waals surface area contributed by atoms with Crippen LogP contribution in [-0.2, 0) is 16.6 Å². The Kier molecular flexibility index (Phi) is 6.22. The van der Waals surface area contributed by atoms with Gasteiger partial charge in [-0.3, -0.25) is 4.90 Å². The summed E-state index contributed by atoms with van der Waals surface area (Å²) in [5, 5.41) is 1.71. The molecule has 2 heterocycles. The van der Waals surface area contributed by atoms with Gasteiger partial charge in [0.2, 0.25) is 0 Å². The molecule has 0 unspecified atom stereocenters. The first-order chi connectivity index (χ1) is 15.9. The van der Waals surface area contributed by atoms with Crippen molar-refractivity contribution < 1.29 is 8.42 Å². The van der Waals surface area contributed by atoms with Gasteiger partial charge in [-0.05, 0) is 57.9 Å². The van der Waals surface area contributed by atoms with E-state index in [0.717, 1.165) is 47.8 Å². The van der Waals surface area contributed by atoms with Crippen LogP contribution in [0.25, 0.3) is 10.9 Å². The van der Waals surface area contributed by atoms with E-state index < -0.39 is 10.0 Å². The van der Waals surface area contributed by atoms with Crippen LogP contribution in [-0.4, -0.2) is 43.5 Å². The lowest BCUT2D eigenvalue weighted by Crippen LogP contribution is -2.45. The molecule has 5 rings (SSSR count). The summed E-state index contributed by atoms with van der Waals surface area (Å²) >= 11 is 9.55. The van der Waals surface area contributed by atoms with Gasteiger partial charge < -0.3 is 4.90 Å². The first-order valence-corrected chi connectivity index (χ1v) is 13.4. The molecule has 0 amide bonds. The van der Waals surface area contributed by atoms with Crippen LogP contribution in [0.15, 0.2) is 88.4 Å². The number of hydrogen-bond donors (Lipinski definition) is 0. The van der Waals surface area contributed by atoms with Crippen LogP contribution in [0, 0.1) is 0 Å². The van der Waals surface area contributed by atoms with Gasteiger partial charge in [0, 0.05) is 59.5 Å². The third-order valence-corrected chi connectivity index (χ3v) is 8.99. The van der Waals surface area contributed by atoms with Crippen molar-refractivity contribution in [2.45, 2.75) is 11.4 Å². The summed E-state index contributed by atoms with van der Waals surface area (Å²) in [4.78, 5) is 4.97. The Labute approximate surface area is 207 Å². The first kappa shape index (κ1) is 22.5. The van der Waals surface area contributed by atoms with Crippen LogP contribution in [0.4, 0.5) is 5.69 Å². The molecule has 0 atom stereocenters. The summed E-state index contributed by atoms with van der Waals surface area (Å²) in [6, 6.07) is 22.6. The molecular formula is C25H23BrClN3O2S. The maximum atomic E-state index is 13.5. The van der Waals surface area contributed by atoms with Crippen molar-refractivity contribution in [1.29, 1.82) is 0 Å². The maximum absolute atomic E-state index is 13.5. The van der Waals surface area contributed by atoms with Crippen molar-refractivity contribution in [3.63, 3.8) is 0 Å². The highest BCUT2D eigenvalue weighted by atomic mass is 79.9. The minimum atomic E-state index is -3.73. The lowest BCUT2D eigenvalue weighted by atomic mass is 10.1. The molecule has 0 spiro atoms. The largest absolute Gasteiger partial charge is 0.369 e. The SMILES string of the molecule is O=S(=O)(c1ccccc1Br)n1cc(CN2CCN(c3cccc(Cl)c3)CC2)c2ccccc21. The predicted molar refractivity (Wildman–Crippen MR) is 138 cm³/mol. The van der Waals surface area contributed by atoms with E-state index in [1.54, 1.807) is 24.4 Å². The normalized spacial score (nSPS) is 15.3. The third kappa shape index (κ3) is 4.43. The molecule has 3 aromatic carbocycles. The van der Waals surface area contributed by atoms with Crippen LogP contribution in [0.2, 0.25) is 5.02 Å². The minimum Gasteiger partial charge on any atom is -0.369 e. The molecule has 0 bridgehead atoms. The zero-order chi connectivity index (χ0) is 23.0. The van der Waals surface area contributed by atoms with Gasteiger partial charge >= 0.3 is 0 Å². The number of anilines is 1. The van der Waals surface area contributed by atoms with Crippen LogP contribution >= 0.6 is 27.5 Å². The number of halogens is 2. The number of benzene rings is 3. The second-order valence-electron chi connectivity index (χ2n) is 8.15.